The van der Waals surface area contributed by atoms with Gasteiger partial charge in [-0.1, -0.05) is 0 Å². The van der Waals surface area contributed by atoms with Gasteiger partial charge in [-0.25, -0.2) is 22.8 Å². The van der Waals surface area contributed by atoms with E-state index in [4.69, 9.17) is 76.7 Å². The summed E-state index contributed by atoms with van der Waals surface area (Å²) >= 11 is -4.92. The topological polar surface area (TPSA) is 351 Å². The van der Waals surface area contributed by atoms with Gasteiger partial charge in [-0.05, 0) is 0 Å². The Morgan fingerprint density at radius 3 is 0.740 bits per heavy atom. The van der Waals surface area contributed by atoms with Crippen LogP contribution in [0.1, 0.15) is 50.7 Å². The van der Waals surface area contributed by atoms with Crippen molar-refractivity contribution in [2.75, 3.05) is 0 Å². The van der Waals surface area contributed by atoms with E-state index in [-0.39, 0.29) is 19.0 Å². The molecule has 2 rings (SSSR count). The van der Waals surface area contributed by atoms with E-state index in [9.17, 15) is 32.8 Å². The third-order valence-corrected chi connectivity index (χ3v) is 12.0. The standard InChI is InChI=1S/C18H23FIO4P.5FH2O3P/c1-13(2)15-5-9-17(10-6-15)20(21,24-25(19,22)23)18-11-7-16(8-12-18)14(3)4;5*1-5(2,3)4/h5-14H,1-4H3,(H,22,23);5*(H2,2,3,4). The molecule has 0 amide bonds. The molecule has 0 bridgehead atoms. The van der Waals surface area contributed by atoms with Crippen molar-refractivity contribution in [1.29, 1.82) is 0 Å². The Labute approximate surface area is 284 Å². The average Bonchev–Trinajstić information content (AvgIpc) is 2.78. The predicted molar refractivity (Wildman–Crippen MR) is 171 cm³/mol. The van der Waals surface area contributed by atoms with Gasteiger partial charge in [0.15, 0.2) is 0 Å². The first-order chi connectivity index (χ1) is 21.5. The maximum Gasteiger partial charge on any atom is 0.507 e. The Kier molecular flexibility index (Phi) is 26.2. The van der Waals surface area contributed by atoms with Crippen LogP contribution in [0.4, 0.5) is 25.2 Å². The fourth-order valence-corrected chi connectivity index (χ4v) is 9.50. The summed E-state index contributed by atoms with van der Waals surface area (Å²) in [7, 11) is -31.1. The van der Waals surface area contributed by atoms with Gasteiger partial charge in [0.1, 0.15) is 0 Å². The minimum absolute atomic E-state index is 0.250. The molecule has 2 aromatic carbocycles. The molecule has 0 saturated carbocycles. The van der Waals surface area contributed by atoms with Crippen LogP contribution in [0.2, 0.25) is 0 Å². The Morgan fingerprint density at radius 2 is 0.620 bits per heavy atom. The summed E-state index contributed by atoms with van der Waals surface area (Å²) in [4.78, 5) is 78.7. The molecular weight excluding hydrogens is 947 g/mol. The first-order valence-electron chi connectivity index (χ1n) is 11.7. The van der Waals surface area contributed by atoms with Crippen LogP contribution in [0.3, 0.4) is 0 Å². The second kappa shape index (κ2) is 23.3. The van der Waals surface area contributed by atoms with Crippen LogP contribution in [0.5, 0.6) is 0 Å². The molecule has 0 spiro atoms. The van der Waals surface area contributed by atoms with Crippen molar-refractivity contribution in [2.24, 2.45) is 0 Å². The summed E-state index contributed by atoms with van der Waals surface area (Å²) < 4.78 is 138. The van der Waals surface area contributed by atoms with Crippen molar-refractivity contribution in [3.05, 3.63) is 66.8 Å². The quantitative estimate of drug-likeness (QED) is 0.0824. The van der Waals surface area contributed by atoms with Crippen LogP contribution in [-0.4, -0.2) is 53.8 Å². The van der Waals surface area contributed by atoms with Gasteiger partial charge < -0.3 is 0 Å². The summed E-state index contributed by atoms with van der Waals surface area (Å²) in [6.45, 7) is 8.07. The van der Waals surface area contributed by atoms with E-state index in [1.807, 2.05) is 27.7 Å². The van der Waals surface area contributed by atoms with E-state index in [0.717, 1.165) is 11.1 Å². The number of rotatable bonds is 6. The number of hydrogen-bond acceptors (Lipinski definition) is 8. The third-order valence-electron chi connectivity index (χ3n) is 3.83. The summed E-state index contributed by atoms with van der Waals surface area (Å²) in [5.41, 5.74) is 2.05. The Hall–Kier alpha value is -0.550. The van der Waals surface area contributed by atoms with Gasteiger partial charge in [0.05, 0.1) is 0 Å². The number of halogens is 7. The van der Waals surface area contributed by atoms with Crippen molar-refractivity contribution in [3.63, 3.8) is 0 Å². The molecule has 298 valence electrons. The summed E-state index contributed by atoms with van der Waals surface area (Å²) in [6, 6.07) is 13.5. The van der Waals surface area contributed by atoms with Gasteiger partial charge in [-0.2, -0.15) is 0 Å². The molecule has 11 N–H and O–H groups in total. The smallest absolute Gasteiger partial charge is 0.299 e. The first-order valence-corrected chi connectivity index (χ1v) is 24.6. The zero-order valence-corrected chi connectivity index (χ0v) is 32.8. The van der Waals surface area contributed by atoms with Gasteiger partial charge in [-0.3, -0.25) is 48.9 Å². The van der Waals surface area contributed by atoms with E-state index in [2.05, 4.69) is 2.85 Å². The molecular formula is C18H33F6IO19P6. The van der Waals surface area contributed by atoms with Gasteiger partial charge in [0, 0.05) is 0 Å². The first kappa shape index (κ1) is 56.2. The van der Waals surface area contributed by atoms with Gasteiger partial charge in [0.25, 0.3) is 0 Å². The van der Waals surface area contributed by atoms with E-state index in [1.165, 1.54) is 0 Å². The maximum absolute atomic E-state index is 13.5. The van der Waals surface area contributed by atoms with Crippen molar-refractivity contribution in [3.8, 4) is 0 Å². The molecule has 19 nitrogen and oxygen atoms in total. The number of benzene rings is 2. The maximum atomic E-state index is 13.5. The van der Waals surface area contributed by atoms with Crippen molar-refractivity contribution in [2.45, 2.75) is 39.5 Å². The van der Waals surface area contributed by atoms with E-state index >= 15 is 0 Å². The SMILES string of the molecule is CC(C)c1ccc(I(=O)(OP(=O)(O)F)c2ccc(C(C)C)cc2)cc1.O=P(O)(O)F.O=P(O)(O)F.O=P(O)(O)F.O=P(O)(O)F.O=P(O)(O)F. The summed E-state index contributed by atoms with van der Waals surface area (Å²) in [5, 5.41) is 0. The predicted octanol–water partition coefficient (Wildman–Crippen LogP) is 6.60. The molecule has 0 fully saturated rings. The summed E-state index contributed by atoms with van der Waals surface area (Å²) in [6.07, 6.45) is 0. The largest absolute Gasteiger partial charge is 0.507 e. The third kappa shape index (κ3) is 49.6. The molecule has 0 saturated heterocycles. The second-order valence-electron chi connectivity index (χ2n) is 8.76. The van der Waals surface area contributed by atoms with Crippen LogP contribution in [0.25, 0.3) is 0 Å². The zero-order valence-electron chi connectivity index (χ0n) is 25.3. The van der Waals surface area contributed by atoms with Gasteiger partial charge in [-0.15, -0.1) is 21.0 Å². The van der Waals surface area contributed by atoms with Crippen LogP contribution in [-0.2, 0) is 33.3 Å². The molecule has 0 aliphatic carbocycles. The van der Waals surface area contributed by atoms with E-state index in [0.29, 0.717) is 0 Å². The number of hydrogen-bond donors (Lipinski definition) is 11. The molecule has 0 aliphatic rings. The molecule has 32 heteroatoms. The minimum atomic E-state index is -5.41. The molecule has 50 heavy (non-hydrogen) atoms. The van der Waals surface area contributed by atoms with Crippen LogP contribution >= 0.6 is 66.3 Å². The van der Waals surface area contributed by atoms with E-state index < -0.39 is 66.3 Å². The van der Waals surface area contributed by atoms with E-state index in [1.54, 1.807) is 48.5 Å². The van der Waals surface area contributed by atoms with Crippen molar-refractivity contribution < 1.29 is 112 Å². The van der Waals surface area contributed by atoms with Crippen LogP contribution < -0.4 is 0 Å². The Bertz CT molecular complexity index is 1400. The van der Waals surface area contributed by atoms with Gasteiger partial charge >= 0.3 is 192 Å². The molecule has 1 unspecified atom stereocenters. The summed E-state index contributed by atoms with van der Waals surface area (Å²) in [5.74, 6) is 0.552. The molecule has 0 aromatic heterocycles. The van der Waals surface area contributed by atoms with Crippen molar-refractivity contribution >= 4 is 66.3 Å². The minimum Gasteiger partial charge on any atom is -0.299 e. The fourth-order valence-electron chi connectivity index (χ4n) is 2.35. The monoisotopic (exact) mass is 980 g/mol. The normalized spacial score (nSPS) is 13.6. The molecule has 1 atom stereocenters. The molecule has 2 aromatic rings. The zero-order chi connectivity index (χ0) is 41.3. The Balaban J connectivity index is -0.000000341. The second-order valence-corrected chi connectivity index (χ2v) is 20.9. The van der Waals surface area contributed by atoms with Crippen LogP contribution in [0.15, 0.2) is 48.5 Å². The molecule has 0 heterocycles. The molecule has 0 aliphatic heterocycles. The van der Waals surface area contributed by atoms with Gasteiger partial charge in [0.2, 0.25) is 0 Å². The van der Waals surface area contributed by atoms with Crippen molar-refractivity contribution in [1.82, 2.24) is 0 Å². The van der Waals surface area contributed by atoms with Crippen LogP contribution in [0, 0.1) is 7.14 Å². The average molecular weight is 980 g/mol. The Morgan fingerprint density at radius 1 is 0.460 bits per heavy atom. The fraction of sp³-hybridized carbons (Fsp3) is 0.333. The molecule has 0 radical (unpaired) electrons.